The number of carbonyl (C=O) groups is 1. The largest absolute Gasteiger partial charge is 0.445 e. The van der Waals surface area contributed by atoms with Crippen molar-refractivity contribution >= 4 is 13.7 Å². The van der Waals surface area contributed by atoms with Crippen molar-refractivity contribution in [1.82, 2.24) is 10.5 Å². The van der Waals surface area contributed by atoms with E-state index in [4.69, 9.17) is 18.3 Å². The summed E-state index contributed by atoms with van der Waals surface area (Å²) >= 11 is 0. The number of hydrogen-bond donors (Lipinski definition) is 1. The Labute approximate surface area is 204 Å². The molecule has 0 aliphatic carbocycles. The van der Waals surface area contributed by atoms with Gasteiger partial charge in [0.25, 0.3) is 0 Å². The van der Waals surface area contributed by atoms with E-state index in [0.717, 1.165) is 18.2 Å². The molecule has 0 bridgehead atoms. The summed E-state index contributed by atoms with van der Waals surface area (Å²) in [5, 5.41) is 1.44. The molecule has 1 aromatic heterocycles. The molecule has 0 radical (unpaired) electrons. The van der Waals surface area contributed by atoms with Crippen LogP contribution in [-0.2, 0) is 30.2 Å². The van der Waals surface area contributed by atoms with Crippen molar-refractivity contribution in [2.75, 3.05) is 13.2 Å². The van der Waals surface area contributed by atoms with Gasteiger partial charge in [-0.3, -0.25) is 9.88 Å². The number of carbonyl (C=O) groups excluding carboxylic acids is 1. The van der Waals surface area contributed by atoms with Gasteiger partial charge in [0.2, 0.25) is 0 Å². The van der Waals surface area contributed by atoms with Crippen molar-refractivity contribution in [1.29, 1.82) is 0 Å². The van der Waals surface area contributed by atoms with Crippen molar-refractivity contribution in [3.8, 4) is 11.3 Å². The van der Waals surface area contributed by atoms with Crippen LogP contribution in [0.15, 0.2) is 65.2 Å². The van der Waals surface area contributed by atoms with E-state index < -0.39 is 49.9 Å². The topological polar surface area (TPSA) is 99.9 Å². The molecule has 0 spiro atoms. The first-order valence-corrected chi connectivity index (χ1v) is 12.3. The molecule has 0 saturated carbocycles. The van der Waals surface area contributed by atoms with Crippen LogP contribution in [0.2, 0.25) is 0 Å². The standard InChI is InChI=1S/C23H23F4N2O6P/c1-3-33-36(31,34-4-2)22(23(25,26)27,28-21(30)32-15-16-8-6-5-7-9-16)20-14-19(29-35-20)17-10-12-18(24)13-11-17/h5-14H,3-4,15H2,1-2H3,(H,28,30). The Balaban J connectivity index is 2.10. The zero-order chi connectivity index (χ0) is 26.4. The van der Waals surface area contributed by atoms with E-state index in [0.29, 0.717) is 5.56 Å². The van der Waals surface area contributed by atoms with Crippen LogP contribution in [0.25, 0.3) is 11.3 Å². The Morgan fingerprint density at radius 3 is 2.19 bits per heavy atom. The summed E-state index contributed by atoms with van der Waals surface area (Å²) < 4.78 is 91.5. The highest BCUT2D eigenvalue weighted by Gasteiger charge is 2.73. The molecule has 194 valence electrons. The summed E-state index contributed by atoms with van der Waals surface area (Å²) in [6.45, 7) is 1.35. The first-order valence-electron chi connectivity index (χ1n) is 10.7. The van der Waals surface area contributed by atoms with E-state index >= 15 is 0 Å². The number of benzene rings is 2. The van der Waals surface area contributed by atoms with Crippen molar-refractivity contribution in [2.45, 2.75) is 31.9 Å². The predicted octanol–water partition coefficient (Wildman–Crippen LogP) is 6.39. The lowest BCUT2D eigenvalue weighted by atomic mass is 10.1. The third kappa shape index (κ3) is 5.61. The molecule has 8 nitrogen and oxygen atoms in total. The first-order chi connectivity index (χ1) is 17.1. The third-order valence-corrected chi connectivity index (χ3v) is 7.53. The van der Waals surface area contributed by atoms with Gasteiger partial charge in [-0.25, -0.2) is 9.18 Å². The Bertz CT molecular complexity index is 1190. The number of alkyl carbamates (subject to hydrolysis) is 1. The van der Waals surface area contributed by atoms with E-state index in [1.165, 1.54) is 26.0 Å². The smallest absolute Gasteiger partial charge is 0.431 e. The molecule has 0 fully saturated rings. The molecular formula is C23H23F4N2O6P. The fraction of sp³-hybridized carbons (Fsp3) is 0.304. The summed E-state index contributed by atoms with van der Waals surface area (Å²) in [5.41, 5.74) is 0.565. The summed E-state index contributed by atoms with van der Waals surface area (Å²) in [4.78, 5) is 12.7. The molecule has 0 aliphatic rings. The summed E-state index contributed by atoms with van der Waals surface area (Å²) in [5.74, 6) is -1.65. The monoisotopic (exact) mass is 530 g/mol. The summed E-state index contributed by atoms with van der Waals surface area (Å²) in [6, 6.07) is 13.7. The summed E-state index contributed by atoms with van der Waals surface area (Å²) in [6.07, 6.45) is -7.03. The maximum Gasteiger partial charge on any atom is 0.431 e. The lowest BCUT2D eigenvalue weighted by Crippen LogP contribution is -2.56. The molecule has 36 heavy (non-hydrogen) atoms. The van der Waals surface area contributed by atoms with Gasteiger partial charge in [0.05, 0.1) is 13.2 Å². The van der Waals surface area contributed by atoms with Gasteiger partial charge in [-0.15, -0.1) is 0 Å². The van der Waals surface area contributed by atoms with Crippen LogP contribution in [0.4, 0.5) is 22.4 Å². The summed E-state index contributed by atoms with van der Waals surface area (Å²) in [7, 11) is -5.27. The van der Waals surface area contributed by atoms with E-state index in [-0.39, 0.29) is 17.9 Å². The lowest BCUT2D eigenvalue weighted by Gasteiger charge is -2.37. The Morgan fingerprint density at radius 2 is 1.64 bits per heavy atom. The SMILES string of the molecule is CCOP(=O)(OCC)C(NC(=O)OCc1ccccc1)(c1cc(-c2ccc(F)cc2)no1)C(F)(F)F. The van der Waals surface area contributed by atoms with E-state index in [2.05, 4.69) is 5.16 Å². The normalized spacial score (nSPS) is 13.7. The highest BCUT2D eigenvalue weighted by atomic mass is 31.2. The van der Waals surface area contributed by atoms with Gasteiger partial charge in [-0.2, -0.15) is 13.2 Å². The van der Waals surface area contributed by atoms with Gasteiger partial charge in [-0.1, -0.05) is 35.5 Å². The average molecular weight is 530 g/mol. The molecule has 1 heterocycles. The van der Waals surface area contributed by atoms with Gasteiger partial charge in [0, 0.05) is 11.6 Å². The van der Waals surface area contributed by atoms with E-state index in [9.17, 15) is 26.9 Å². The maximum absolute atomic E-state index is 14.9. The fourth-order valence-corrected chi connectivity index (χ4v) is 5.37. The molecule has 0 saturated heterocycles. The van der Waals surface area contributed by atoms with Crippen molar-refractivity contribution in [3.05, 3.63) is 77.8 Å². The molecule has 1 unspecified atom stereocenters. The van der Waals surface area contributed by atoms with E-state index in [1.807, 2.05) is 0 Å². The predicted molar refractivity (Wildman–Crippen MR) is 120 cm³/mol. The third-order valence-electron chi connectivity index (χ3n) is 4.92. The highest BCUT2D eigenvalue weighted by Crippen LogP contribution is 2.69. The van der Waals surface area contributed by atoms with Gasteiger partial charge in [-0.05, 0) is 43.7 Å². The fourth-order valence-electron chi connectivity index (χ4n) is 3.31. The van der Waals surface area contributed by atoms with Crippen molar-refractivity contribution < 1.29 is 45.2 Å². The van der Waals surface area contributed by atoms with Crippen LogP contribution in [0.5, 0.6) is 0 Å². The Hall–Kier alpha value is -3.21. The minimum atomic E-state index is -5.47. The number of halogens is 4. The minimum absolute atomic E-state index is 0.141. The molecule has 13 heteroatoms. The maximum atomic E-state index is 14.9. The molecule has 1 amide bonds. The Kier molecular flexibility index (Phi) is 8.55. The highest BCUT2D eigenvalue weighted by molar-refractivity contribution is 7.55. The average Bonchev–Trinajstić information content (AvgIpc) is 3.32. The number of aromatic nitrogens is 1. The lowest BCUT2D eigenvalue weighted by molar-refractivity contribution is -0.183. The number of amides is 1. The minimum Gasteiger partial charge on any atom is -0.445 e. The van der Waals surface area contributed by atoms with E-state index in [1.54, 1.807) is 35.6 Å². The number of ether oxygens (including phenoxy) is 1. The molecule has 2 aromatic carbocycles. The second kappa shape index (κ2) is 11.2. The number of hydrogen-bond acceptors (Lipinski definition) is 7. The zero-order valence-corrected chi connectivity index (χ0v) is 20.1. The number of nitrogens with one attached hydrogen (secondary N) is 1. The number of rotatable bonds is 10. The number of alkyl halides is 3. The Morgan fingerprint density at radius 1 is 1.03 bits per heavy atom. The van der Waals surface area contributed by atoms with Crippen molar-refractivity contribution in [3.63, 3.8) is 0 Å². The zero-order valence-electron chi connectivity index (χ0n) is 19.3. The molecule has 1 atom stereocenters. The first kappa shape index (κ1) is 27.4. The second-order valence-corrected chi connectivity index (χ2v) is 9.49. The molecule has 3 aromatic rings. The van der Waals surface area contributed by atoms with Gasteiger partial charge in [0.15, 0.2) is 5.76 Å². The van der Waals surface area contributed by atoms with Gasteiger partial charge in [0.1, 0.15) is 18.1 Å². The molecular weight excluding hydrogens is 507 g/mol. The van der Waals surface area contributed by atoms with Crippen LogP contribution in [0.1, 0.15) is 25.2 Å². The van der Waals surface area contributed by atoms with Crippen LogP contribution in [-0.4, -0.2) is 30.6 Å². The molecule has 0 aliphatic heterocycles. The van der Waals surface area contributed by atoms with Crippen LogP contribution in [0, 0.1) is 5.82 Å². The van der Waals surface area contributed by atoms with Gasteiger partial charge < -0.3 is 18.3 Å². The number of nitrogens with zero attached hydrogens (tertiary/aromatic N) is 1. The quantitative estimate of drug-likeness (QED) is 0.240. The second-order valence-electron chi connectivity index (χ2n) is 7.31. The molecule has 1 N–H and O–H groups in total. The van der Waals surface area contributed by atoms with Crippen LogP contribution >= 0.6 is 7.60 Å². The van der Waals surface area contributed by atoms with Crippen LogP contribution in [0.3, 0.4) is 0 Å². The van der Waals surface area contributed by atoms with Crippen LogP contribution < -0.4 is 5.32 Å². The molecule has 3 rings (SSSR count). The van der Waals surface area contributed by atoms with Crippen molar-refractivity contribution in [2.24, 2.45) is 0 Å². The van der Waals surface area contributed by atoms with Gasteiger partial charge >= 0.3 is 25.1 Å².